The summed E-state index contributed by atoms with van der Waals surface area (Å²) in [7, 11) is -3.90. The molecule has 5 nitrogen and oxygen atoms in total. The number of benzene rings is 3. The molecular weight excluding hydrogens is 384 g/mol. The van der Waals surface area contributed by atoms with Crippen molar-refractivity contribution in [2.75, 3.05) is 16.2 Å². The van der Waals surface area contributed by atoms with Gasteiger partial charge in [0.15, 0.2) is 0 Å². The van der Waals surface area contributed by atoms with Gasteiger partial charge >= 0.3 is 0 Å². The van der Waals surface area contributed by atoms with Gasteiger partial charge in [0.1, 0.15) is 6.54 Å². The number of hydrogen-bond acceptors (Lipinski definition) is 3. The van der Waals surface area contributed by atoms with Gasteiger partial charge in [-0.15, -0.1) is 0 Å². The third-order valence-electron chi connectivity index (χ3n) is 4.82. The fourth-order valence-electron chi connectivity index (χ4n) is 2.95. The van der Waals surface area contributed by atoms with Crippen molar-refractivity contribution < 1.29 is 13.2 Å². The number of hydrogen-bond donors (Lipinski definition) is 1. The fourth-order valence-corrected chi connectivity index (χ4v) is 4.39. The number of nitrogens with one attached hydrogen (secondary N) is 1. The summed E-state index contributed by atoms with van der Waals surface area (Å²) in [6, 6.07) is 20.8. The number of aryl methyl sites for hydroxylation is 2. The molecule has 3 aromatic carbocycles. The Morgan fingerprint density at radius 2 is 1.52 bits per heavy atom. The summed E-state index contributed by atoms with van der Waals surface area (Å²) in [4.78, 5) is 12.9. The van der Waals surface area contributed by atoms with Crippen LogP contribution < -0.4 is 9.62 Å². The molecular formula is C23H24N2O3S. The molecule has 0 heterocycles. The van der Waals surface area contributed by atoms with Gasteiger partial charge < -0.3 is 5.32 Å². The van der Waals surface area contributed by atoms with Gasteiger partial charge in [0, 0.05) is 5.69 Å². The predicted molar refractivity (Wildman–Crippen MR) is 117 cm³/mol. The molecule has 0 aliphatic carbocycles. The van der Waals surface area contributed by atoms with Gasteiger partial charge in [-0.05, 0) is 62.2 Å². The topological polar surface area (TPSA) is 66.5 Å². The van der Waals surface area contributed by atoms with Crippen LogP contribution in [0.3, 0.4) is 0 Å². The van der Waals surface area contributed by atoms with Gasteiger partial charge in [-0.1, -0.05) is 48.0 Å². The molecule has 0 aliphatic heterocycles. The second-order valence-corrected chi connectivity index (χ2v) is 8.82. The van der Waals surface area contributed by atoms with Gasteiger partial charge in [0.25, 0.3) is 10.0 Å². The molecule has 0 spiro atoms. The van der Waals surface area contributed by atoms with Crippen LogP contribution in [-0.2, 0) is 14.8 Å². The van der Waals surface area contributed by atoms with E-state index in [0.29, 0.717) is 11.4 Å². The van der Waals surface area contributed by atoms with Crippen molar-refractivity contribution in [2.24, 2.45) is 0 Å². The van der Waals surface area contributed by atoms with E-state index in [9.17, 15) is 13.2 Å². The van der Waals surface area contributed by atoms with Gasteiger partial charge in [0.05, 0.1) is 10.6 Å². The van der Waals surface area contributed by atoms with Crippen molar-refractivity contribution in [1.29, 1.82) is 0 Å². The average Bonchev–Trinajstić information content (AvgIpc) is 2.71. The first-order valence-electron chi connectivity index (χ1n) is 9.29. The molecule has 0 saturated heterocycles. The van der Waals surface area contributed by atoms with E-state index in [1.165, 1.54) is 12.1 Å². The summed E-state index contributed by atoms with van der Waals surface area (Å²) >= 11 is 0. The number of rotatable bonds is 6. The lowest BCUT2D eigenvalue weighted by Gasteiger charge is -2.24. The van der Waals surface area contributed by atoms with Crippen molar-refractivity contribution in [3.63, 3.8) is 0 Å². The predicted octanol–water partition coefficient (Wildman–Crippen LogP) is 4.45. The smallest absolute Gasteiger partial charge is 0.264 e. The van der Waals surface area contributed by atoms with Crippen LogP contribution in [0.2, 0.25) is 0 Å². The largest absolute Gasteiger partial charge is 0.324 e. The molecule has 0 radical (unpaired) electrons. The zero-order valence-corrected chi connectivity index (χ0v) is 17.5. The number of amides is 1. The quantitative estimate of drug-likeness (QED) is 0.655. The molecule has 150 valence electrons. The molecule has 0 saturated carbocycles. The van der Waals surface area contributed by atoms with Gasteiger partial charge in [-0.2, -0.15) is 0 Å². The SMILES string of the molecule is Cc1ccc(N(CC(=O)Nc2cccc(C)c2C)S(=O)(=O)c2ccccc2)cc1. The summed E-state index contributed by atoms with van der Waals surface area (Å²) in [5.74, 6) is -0.404. The van der Waals surface area contributed by atoms with E-state index < -0.39 is 15.9 Å². The molecule has 3 rings (SSSR count). The maximum absolute atomic E-state index is 13.3. The third kappa shape index (κ3) is 4.66. The maximum Gasteiger partial charge on any atom is 0.264 e. The van der Waals surface area contributed by atoms with E-state index in [1.54, 1.807) is 30.3 Å². The molecule has 0 atom stereocenters. The number of anilines is 2. The Morgan fingerprint density at radius 1 is 0.862 bits per heavy atom. The number of carbonyl (C=O) groups is 1. The minimum atomic E-state index is -3.90. The van der Waals surface area contributed by atoms with Crippen LogP contribution in [0.15, 0.2) is 77.7 Å². The van der Waals surface area contributed by atoms with Gasteiger partial charge in [0.2, 0.25) is 5.91 Å². The minimum Gasteiger partial charge on any atom is -0.324 e. The molecule has 3 aromatic rings. The lowest BCUT2D eigenvalue weighted by Crippen LogP contribution is -2.38. The van der Waals surface area contributed by atoms with E-state index in [-0.39, 0.29) is 11.4 Å². The van der Waals surface area contributed by atoms with E-state index in [2.05, 4.69) is 5.32 Å². The lowest BCUT2D eigenvalue weighted by molar-refractivity contribution is -0.114. The number of carbonyl (C=O) groups excluding carboxylic acids is 1. The lowest BCUT2D eigenvalue weighted by atomic mass is 10.1. The van der Waals surface area contributed by atoms with Crippen LogP contribution in [0.4, 0.5) is 11.4 Å². The first-order chi connectivity index (χ1) is 13.8. The van der Waals surface area contributed by atoms with Crippen LogP contribution in [0.1, 0.15) is 16.7 Å². The molecule has 0 fully saturated rings. The van der Waals surface area contributed by atoms with E-state index in [1.807, 2.05) is 51.1 Å². The van der Waals surface area contributed by atoms with E-state index in [4.69, 9.17) is 0 Å². The minimum absolute atomic E-state index is 0.139. The number of sulfonamides is 1. The summed E-state index contributed by atoms with van der Waals surface area (Å²) < 4.78 is 27.7. The van der Waals surface area contributed by atoms with Crippen molar-refractivity contribution in [2.45, 2.75) is 25.7 Å². The highest BCUT2D eigenvalue weighted by Crippen LogP contribution is 2.24. The highest BCUT2D eigenvalue weighted by Gasteiger charge is 2.27. The Labute approximate surface area is 172 Å². The maximum atomic E-state index is 13.3. The third-order valence-corrected chi connectivity index (χ3v) is 6.61. The second kappa shape index (κ2) is 8.49. The van der Waals surface area contributed by atoms with Gasteiger partial charge in [-0.25, -0.2) is 8.42 Å². The Morgan fingerprint density at radius 3 is 2.17 bits per heavy atom. The molecule has 29 heavy (non-hydrogen) atoms. The van der Waals surface area contributed by atoms with Crippen LogP contribution in [0, 0.1) is 20.8 Å². The van der Waals surface area contributed by atoms with Crippen molar-refractivity contribution in [1.82, 2.24) is 0 Å². The molecule has 0 unspecified atom stereocenters. The van der Waals surface area contributed by atoms with Crippen LogP contribution >= 0.6 is 0 Å². The summed E-state index contributed by atoms with van der Waals surface area (Å²) in [6.07, 6.45) is 0. The zero-order chi connectivity index (χ0) is 21.0. The Bertz CT molecular complexity index is 1110. The van der Waals surface area contributed by atoms with Crippen LogP contribution in [0.25, 0.3) is 0 Å². The zero-order valence-electron chi connectivity index (χ0n) is 16.7. The van der Waals surface area contributed by atoms with E-state index in [0.717, 1.165) is 21.0 Å². The Hall–Kier alpha value is -3.12. The Balaban J connectivity index is 1.94. The second-order valence-electron chi connectivity index (χ2n) is 6.96. The van der Waals surface area contributed by atoms with Crippen molar-refractivity contribution >= 4 is 27.3 Å². The molecule has 1 amide bonds. The van der Waals surface area contributed by atoms with Gasteiger partial charge in [-0.3, -0.25) is 9.10 Å². The van der Waals surface area contributed by atoms with Crippen LogP contribution in [-0.4, -0.2) is 20.9 Å². The first kappa shape index (κ1) is 20.6. The van der Waals surface area contributed by atoms with Crippen LogP contribution in [0.5, 0.6) is 0 Å². The van der Waals surface area contributed by atoms with Crippen molar-refractivity contribution in [3.05, 3.63) is 89.5 Å². The highest BCUT2D eigenvalue weighted by atomic mass is 32.2. The normalized spacial score (nSPS) is 11.1. The van der Waals surface area contributed by atoms with E-state index >= 15 is 0 Å². The monoisotopic (exact) mass is 408 g/mol. The standard InChI is InChI=1S/C23H24N2O3S/c1-17-12-14-20(15-13-17)25(29(27,28)21-9-5-4-6-10-21)16-23(26)24-22-11-7-8-18(2)19(22)3/h4-15H,16H2,1-3H3,(H,24,26). The Kier molecular flexibility index (Phi) is 6.03. The number of nitrogens with zero attached hydrogens (tertiary/aromatic N) is 1. The fraction of sp³-hybridized carbons (Fsp3) is 0.174. The first-order valence-corrected chi connectivity index (χ1v) is 10.7. The summed E-state index contributed by atoms with van der Waals surface area (Å²) in [5, 5.41) is 2.84. The molecule has 1 N–H and O–H groups in total. The molecule has 0 bridgehead atoms. The molecule has 0 aliphatic rings. The van der Waals surface area contributed by atoms with Crippen molar-refractivity contribution in [3.8, 4) is 0 Å². The molecule has 0 aromatic heterocycles. The molecule has 6 heteroatoms. The average molecular weight is 409 g/mol. The summed E-state index contributed by atoms with van der Waals surface area (Å²) in [5.41, 5.74) is 4.13. The summed E-state index contributed by atoms with van der Waals surface area (Å²) in [6.45, 7) is 5.48. The highest BCUT2D eigenvalue weighted by molar-refractivity contribution is 7.92.